The van der Waals surface area contributed by atoms with E-state index in [1.165, 1.54) is 0 Å². The maximum Gasteiger partial charge on any atom is 0.268 e. The fourth-order valence-electron chi connectivity index (χ4n) is 1.95. The summed E-state index contributed by atoms with van der Waals surface area (Å²) in [4.78, 5) is 12.2. The highest BCUT2D eigenvalue weighted by atomic mass is 35.5. The van der Waals surface area contributed by atoms with Crippen LogP contribution in [0.4, 0.5) is 0 Å². The Morgan fingerprint density at radius 1 is 1.33 bits per heavy atom. The lowest BCUT2D eigenvalue weighted by Crippen LogP contribution is -2.41. The fraction of sp³-hybridized carbons (Fsp3) is 0.357. The van der Waals surface area contributed by atoms with Gasteiger partial charge in [-0.2, -0.15) is 0 Å². The Morgan fingerprint density at radius 3 is 2.56 bits per heavy atom. The second kappa shape index (κ2) is 4.32. The van der Waals surface area contributed by atoms with E-state index >= 15 is 0 Å². The van der Waals surface area contributed by atoms with E-state index in [1.54, 1.807) is 0 Å². The highest BCUT2D eigenvalue weighted by molar-refractivity contribution is 6.35. The molecular weight excluding hydrogens is 248 g/mol. The first kappa shape index (κ1) is 13.0. The number of nitrogens with one attached hydrogen (secondary N) is 1. The minimum atomic E-state index is -0.253. The summed E-state index contributed by atoms with van der Waals surface area (Å²) in [5, 5.41) is 4.52. The second-order valence-electron chi connectivity index (χ2n) is 5.47. The van der Waals surface area contributed by atoms with Gasteiger partial charge in [0.2, 0.25) is 0 Å². The Bertz CT molecular complexity index is 608. The maximum absolute atomic E-state index is 12.2. The number of aryl methyl sites for hydroxylation is 1. The number of aromatic nitrogens is 1. The van der Waals surface area contributed by atoms with Crippen molar-refractivity contribution in [3.63, 3.8) is 0 Å². The van der Waals surface area contributed by atoms with Crippen LogP contribution in [0.25, 0.3) is 10.9 Å². The SMILES string of the molecule is Cn1c(C(=O)NC(C)(C)C)cc2c(Cl)cccc21. The molecule has 96 valence electrons. The number of benzene rings is 1. The summed E-state index contributed by atoms with van der Waals surface area (Å²) in [6.07, 6.45) is 0. The zero-order chi connectivity index (χ0) is 13.5. The van der Waals surface area contributed by atoms with Gasteiger partial charge in [-0.15, -0.1) is 0 Å². The second-order valence-corrected chi connectivity index (χ2v) is 5.87. The number of hydrogen-bond acceptors (Lipinski definition) is 1. The quantitative estimate of drug-likeness (QED) is 0.842. The molecule has 18 heavy (non-hydrogen) atoms. The molecule has 1 heterocycles. The molecule has 0 radical (unpaired) electrons. The molecule has 0 aliphatic heterocycles. The Labute approximate surface area is 112 Å². The van der Waals surface area contributed by atoms with Crippen LogP contribution in [0, 0.1) is 0 Å². The third-order valence-electron chi connectivity index (χ3n) is 2.75. The molecule has 0 saturated carbocycles. The number of fused-ring (bicyclic) bond motifs is 1. The Kier molecular flexibility index (Phi) is 3.11. The van der Waals surface area contributed by atoms with Gasteiger partial charge in [0.15, 0.2) is 0 Å². The van der Waals surface area contributed by atoms with Crippen LogP contribution in [0.1, 0.15) is 31.3 Å². The molecule has 0 bridgehead atoms. The number of halogens is 1. The number of carbonyl (C=O) groups is 1. The predicted molar refractivity (Wildman–Crippen MR) is 75.1 cm³/mol. The Balaban J connectivity index is 2.50. The minimum absolute atomic E-state index is 0.0859. The normalized spacial score (nSPS) is 11.8. The van der Waals surface area contributed by atoms with Crippen LogP contribution in [0.3, 0.4) is 0 Å². The number of nitrogens with zero attached hydrogens (tertiary/aromatic N) is 1. The first-order valence-corrected chi connectivity index (χ1v) is 6.24. The molecule has 0 atom stereocenters. The molecule has 0 spiro atoms. The molecule has 0 aliphatic carbocycles. The van der Waals surface area contributed by atoms with Crippen molar-refractivity contribution in [3.05, 3.63) is 35.0 Å². The van der Waals surface area contributed by atoms with Crippen molar-refractivity contribution in [1.29, 1.82) is 0 Å². The number of hydrogen-bond donors (Lipinski definition) is 1. The average Bonchev–Trinajstić information content (AvgIpc) is 2.56. The summed E-state index contributed by atoms with van der Waals surface area (Å²) in [6, 6.07) is 7.50. The van der Waals surface area contributed by atoms with Gasteiger partial charge in [-0.3, -0.25) is 4.79 Å². The van der Waals surface area contributed by atoms with Crippen LogP contribution in [0.5, 0.6) is 0 Å². The highest BCUT2D eigenvalue weighted by Crippen LogP contribution is 2.26. The lowest BCUT2D eigenvalue weighted by molar-refractivity contribution is 0.0911. The number of amides is 1. The van der Waals surface area contributed by atoms with E-state index in [-0.39, 0.29) is 11.4 Å². The van der Waals surface area contributed by atoms with E-state index in [4.69, 9.17) is 11.6 Å². The topological polar surface area (TPSA) is 34.0 Å². The summed E-state index contributed by atoms with van der Waals surface area (Å²) in [5.74, 6) is -0.0859. The van der Waals surface area contributed by atoms with Crippen molar-refractivity contribution in [3.8, 4) is 0 Å². The highest BCUT2D eigenvalue weighted by Gasteiger charge is 2.19. The minimum Gasteiger partial charge on any atom is -0.346 e. The molecule has 1 amide bonds. The van der Waals surface area contributed by atoms with E-state index in [0.29, 0.717) is 10.7 Å². The Hall–Kier alpha value is -1.48. The monoisotopic (exact) mass is 264 g/mol. The third kappa shape index (κ3) is 2.36. The van der Waals surface area contributed by atoms with Gasteiger partial charge in [-0.1, -0.05) is 17.7 Å². The largest absolute Gasteiger partial charge is 0.346 e. The summed E-state index contributed by atoms with van der Waals surface area (Å²) in [6.45, 7) is 5.88. The first-order valence-electron chi connectivity index (χ1n) is 5.86. The van der Waals surface area contributed by atoms with Gasteiger partial charge < -0.3 is 9.88 Å². The predicted octanol–water partition coefficient (Wildman–Crippen LogP) is 3.36. The molecule has 2 aromatic rings. The van der Waals surface area contributed by atoms with Gasteiger partial charge in [0.05, 0.1) is 0 Å². The van der Waals surface area contributed by atoms with Crippen molar-refractivity contribution >= 4 is 28.4 Å². The van der Waals surface area contributed by atoms with Gasteiger partial charge in [0, 0.05) is 28.5 Å². The van der Waals surface area contributed by atoms with Gasteiger partial charge in [-0.05, 0) is 39.0 Å². The molecule has 0 aliphatic rings. The van der Waals surface area contributed by atoms with E-state index in [2.05, 4.69) is 5.32 Å². The van der Waals surface area contributed by atoms with Crippen molar-refractivity contribution in [2.75, 3.05) is 0 Å². The lowest BCUT2D eigenvalue weighted by Gasteiger charge is -2.20. The van der Waals surface area contributed by atoms with E-state index in [0.717, 1.165) is 10.9 Å². The summed E-state index contributed by atoms with van der Waals surface area (Å²) < 4.78 is 1.86. The maximum atomic E-state index is 12.2. The molecule has 4 heteroatoms. The molecule has 1 aromatic carbocycles. The number of rotatable bonds is 1. The molecule has 0 saturated heterocycles. The molecule has 0 fully saturated rings. The molecular formula is C14H17ClN2O. The molecule has 3 nitrogen and oxygen atoms in total. The van der Waals surface area contributed by atoms with Crippen LogP contribution < -0.4 is 5.32 Å². The van der Waals surface area contributed by atoms with Crippen molar-refractivity contribution in [2.24, 2.45) is 7.05 Å². The number of carbonyl (C=O) groups excluding carboxylic acids is 1. The van der Waals surface area contributed by atoms with Crippen molar-refractivity contribution in [2.45, 2.75) is 26.3 Å². The van der Waals surface area contributed by atoms with E-state index < -0.39 is 0 Å². The molecule has 1 aromatic heterocycles. The van der Waals surface area contributed by atoms with Gasteiger partial charge in [-0.25, -0.2) is 0 Å². The fourth-order valence-corrected chi connectivity index (χ4v) is 2.17. The third-order valence-corrected chi connectivity index (χ3v) is 3.08. The average molecular weight is 265 g/mol. The van der Waals surface area contributed by atoms with Crippen LogP contribution in [0.2, 0.25) is 5.02 Å². The van der Waals surface area contributed by atoms with E-state index in [1.807, 2.05) is 56.7 Å². The first-order chi connectivity index (χ1) is 8.29. The smallest absolute Gasteiger partial charge is 0.268 e. The molecule has 1 N–H and O–H groups in total. The van der Waals surface area contributed by atoms with Crippen LogP contribution in [-0.4, -0.2) is 16.0 Å². The van der Waals surface area contributed by atoms with Gasteiger partial charge in [0.25, 0.3) is 5.91 Å². The summed E-state index contributed by atoms with van der Waals surface area (Å²) in [5.41, 5.74) is 1.33. The lowest BCUT2D eigenvalue weighted by atomic mass is 10.1. The van der Waals surface area contributed by atoms with Gasteiger partial charge >= 0.3 is 0 Å². The summed E-state index contributed by atoms with van der Waals surface area (Å²) >= 11 is 6.14. The molecule has 0 unspecified atom stereocenters. The van der Waals surface area contributed by atoms with Crippen molar-refractivity contribution < 1.29 is 4.79 Å². The van der Waals surface area contributed by atoms with E-state index in [9.17, 15) is 4.79 Å². The molecule has 2 rings (SSSR count). The zero-order valence-electron chi connectivity index (χ0n) is 11.0. The summed E-state index contributed by atoms with van der Waals surface area (Å²) in [7, 11) is 1.87. The van der Waals surface area contributed by atoms with Crippen LogP contribution >= 0.6 is 11.6 Å². The van der Waals surface area contributed by atoms with Gasteiger partial charge in [0.1, 0.15) is 5.69 Å². The van der Waals surface area contributed by atoms with Crippen LogP contribution in [0.15, 0.2) is 24.3 Å². The van der Waals surface area contributed by atoms with Crippen LogP contribution in [-0.2, 0) is 7.05 Å². The standard InChI is InChI=1S/C14H17ClN2O/c1-14(2,3)16-13(18)12-8-9-10(15)6-5-7-11(9)17(12)4/h5-8H,1-4H3,(H,16,18). The zero-order valence-corrected chi connectivity index (χ0v) is 11.8. The Morgan fingerprint density at radius 2 is 2.00 bits per heavy atom. The van der Waals surface area contributed by atoms with Crippen molar-refractivity contribution in [1.82, 2.24) is 9.88 Å².